The van der Waals surface area contributed by atoms with Gasteiger partial charge in [-0.15, -0.1) is 0 Å². The van der Waals surface area contributed by atoms with Crippen molar-refractivity contribution >= 4 is 40.1 Å². The first-order chi connectivity index (χ1) is 18.9. The average Bonchev–Trinajstić information content (AvgIpc) is 3.61. The molecule has 2 aromatic heterocycles. The molecule has 0 amide bonds. The highest BCUT2D eigenvalue weighted by Gasteiger charge is 2.30. The number of pyridine rings is 1. The van der Waals surface area contributed by atoms with E-state index >= 15 is 0 Å². The van der Waals surface area contributed by atoms with Gasteiger partial charge in [-0.2, -0.15) is 0 Å². The number of aliphatic hydroxyl groups excluding tert-OH is 1. The standard InChI is InChI=1S/C27H31Cl2N5O5/c1-4-22(35)32-18-12-39-13-19(18)33-27-30-10-15-8-16(23-24(28)20(36-2)9-21(37-3)25(23)29)31-17(26(15)34-27)7-14-5-6-38-11-14/h4,8-10,14,18-19,22,32,35H,1,5-7,11-13H2,2-3H3,(H,30,33,34)/t14?,18-,19+,22?/m0/s1. The average molecular weight is 576 g/mol. The third-order valence-corrected chi connectivity index (χ3v) is 7.73. The van der Waals surface area contributed by atoms with E-state index in [2.05, 4.69) is 22.2 Å². The molecule has 4 atom stereocenters. The van der Waals surface area contributed by atoms with Crippen molar-refractivity contribution in [2.24, 2.45) is 5.92 Å². The summed E-state index contributed by atoms with van der Waals surface area (Å²) in [7, 11) is 3.07. The van der Waals surface area contributed by atoms with Crippen LogP contribution in [-0.2, 0) is 15.9 Å². The summed E-state index contributed by atoms with van der Waals surface area (Å²) in [5.74, 6) is 1.61. The topological polar surface area (TPSA) is 120 Å². The van der Waals surface area contributed by atoms with Gasteiger partial charge >= 0.3 is 0 Å². The van der Waals surface area contributed by atoms with Gasteiger partial charge in [0.2, 0.25) is 5.95 Å². The molecule has 4 heterocycles. The van der Waals surface area contributed by atoms with E-state index in [1.807, 2.05) is 6.07 Å². The summed E-state index contributed by atoms with van der Waals surface area (Å²) in [6, 6.07) is 3.23. The third-order valence-electron chi connectivity index (χ3n) is 6.98. The number of ether oxygens (including phenoxy) is 4. The maximum absolute atomic E-state index is 9.94. The second kappa shape index (κ2) is 12.2. The molecule has 0 radical (unpaired) electrons. The van der Waals surface area contributed by atoms with Gasteiger partial charge in [0.15, 0.2) is 0 Å². The monoisotopic (exact) mass is 575 g/mol. The Morgan fingerprint density at radius 1 is 1.10 bits per heavy atom. The second-order valence-electron chi connectivity index (χ2n) is 9.55. The fraction of sp³-hybridized carbons (Fsp3) is 0.444. The van der Waals surface area contributed by atoms with Crippen molar-refractivity contribution < 1.29 is 24.1 Å². The number of anilines is 1. The maximum atomic E-state index is 9.94. The van der Waals surface area contributed by atoms with Crippen LogP contribution < -0.4 is 20.1 Å². The number of aliphatic hydroxyl groups is 1. The maximum Gasteiger partial charge on any atom is 0.223 e. The molecular weight excluding hydrogens is 545 g/mol. The van der Waals surface area contributed by atoms with Crippen molar-refractivity contribution in [2.75, 3.05) is 46.0 Å². The molecule has 2 fully saturated rings. The van der Waals surface area contributed by atoms with Crippen molar-refractivity contribution in [3.8, 4) is 22.8 Å². The van der Waals surface area contributed by atoms with Crippen LogP contribution in [0.15, 0.2) is 31.0 Å². The van der Waals surface area contributed by atoms with E-state index in [4.69, 9.17) is 52.1 Å². The predicted octanol–water partition coefficient (Wildman–Crippen LogP) is 3.87. The minimum absolute atomic E-state index is 0.139. The van der Waals surface area contributed by atoms with Gasteiger partial charge in [-0.3, -0.25) is 10.3 Å². The van der Waals surface area contributed by atoms with Crippen molar-refractivity contribution in [3.05, 3.63) is 46.7 Å². The molecule has 10 nitrogen and oxygen atoms in total. The Bertz CT molecular complexity index is 1330. The van der Waals surface area contributed by atoms with Crippen molar-refractivity contribution in [2.45, 2.75) is 31.2 Å². The molecule has 2 saturated heterocycles. The van der Waals surface area contributed by atoms with Crippen LogP contribution in [0.25, 0.3) is 22.2 Å². The SMILES string of the molecule is C=CC(O)N[C@H]1COC[C@H]1Nc1ncc2cc(-c3c(Cl)c(OC)cc(OC)c3Cl)nc(CC3CCOC3)c2n1. The van der Waals surface area contributed by atoms with E-state index < -0.39 is 6.23 Å². The normalized spacial score (nSPS) is 21.7. The first-order valence-electron chi connectivity index (χ1n) is 12.7. The van der Waals surface area contributed by atoms with Crippen LogP contribution in [0.5, 0.6) is 11.5 Å². The zero-order valence-corrected chi connectivity index (χ0v) is 23.3. The Labute approximate surface area is 236 Å². The summed E-state index contributed by atoms with van der Waals surface area (Å²) in [5.41, 5.74) is 2.59. The number of nitrogens with zero attached hydrogens (tertiary/aromatic N) is 3. The number of hydrogen-bond donors (Lipinski definition) is 3. The predicted molar refractivity (Wildman–Crippen MR) is 150 cm³/mol. The Balaban J connectivity index is 1.56. The van der Waals surface area contributed by atoms with Gasteiger partial charge in [0.1, 0.15) is 17.7 Å². The molecule has 0 bridgehead atoms. The Morgan fingerprint density at radius 3 is 2.51 bits per heavy atom. The number of benzene rings is 1. The summed E-state index contributed by atoms with van der Waals surface area (Å²) in [4.78, 5) is 14.4. The first-order valence-corrected chi connectivity index (χ1v) is 13.4. The third kappa shape index (κ3) is 5.91. The summed E-state index contributed by atoms with van der Waals surface area (Å²) in [6.07, 6.45) is 3.95. The van der Waals surface area contributed by atoms with Crippen LogP contribution in [0.3, 0.4) is 0 Å². The van der Waals surface area contributed by atoms with Gasteiger partial charge in [-0.1, -0.05) is 29.8 Å². The molecule has 0 spiro atoms. The zero-order chi connectivity index (χ0) is 27.5. The lowest BCUT2D eigenvalue weighted by Crippen LogP contribution is -2.47. The zero-order valence-electron chi connectivity index (χ0n) is 21.7. The minimum Gasteiger partial charge on any atom is -0.495 e. The van der Waals surface area contributed by atoms with E-state index in [1.165, 1.54) is 20.3 Å². The van der Waals surface area contributed by atoms with Crippen LogP contribution in [0.1, 0.15) is 12.1 Å². The molecule has 3 aromatic rings. The number of hydrogen-bond acceptors (Lipinski definition) is 10. The fourth-order valence-electron chi connectivity index (χ4n) is 4.89. The highest BCUT2D eigenvalue weighted by atomic mass is 35.5. The van der Waals surface area contributed by atoms with Crippen LogP contribution in [-0.4, -0.2) is 79.0 Å². The molecule has 12 heteroatoms. The van der Waals surface area contributed by atoms with Crippen molar-refractivity contribution in [1.82, 2.24) is 20.3 Å². The molecule has 39 heavy (non-hydrogen) atoms. The van der Waals surface area contributed by atoms with Crippen molar-refractivity contribution in [1.29, 1.82) is 0 Å². The highest BCUT2D eigenvalue weighted by molar-refractivity contribution is 6.41. The molecule has 3 N–H and O–H groups in total. The van der Waals surface area contributed by atoms with Crippen LogP contribution in [0.4, 0.5) is 5.95 Å². The van der Waals surface area contributed by atoms with Gasteiger partial charge < -0.3 is 29.4 Å². The lowest BCUT2D eigenvalue weighted by atomic mass is 9.99. The summed E-state index contributed by atoms with van der Waals surface area (Å²) in [5, 5.41) is 17.8. The number of fused-ring (bicyclic) bond motifs is 1. The number of aromatic nitrogens is 3. The fourth-order valence-corrected chi connectivity index (χ4v) is 5.58. The van der Waals surface area contributed by atoms with Crippen LogP contribution in [0, 0.1) is 5.92 Å². The number of methoxy groups -OCH3 is 2. The Hall–Kier alpha value is -2.73. The highest BCUT2D eigenvalue weighted by Crippen LogP contribution is 2.46. The number of nitrogens with one attached hydrogen (secondary N) is 2. The summed E-state index contributed by atoms with van der Waals surface area (Å²) < 4.78 is 22.2. The number of halogens is 2. The molecule has 1 aromatic carbocycles. The summed E-state index contributed by atoms with van der Waals surface area (Å²) in [6.45, 7) is 5.89. The quantitative estimate of drug-likeness (QED) is 0.242. The molecule has 0 aliphatic carbocycles. The van der Waals surface area contributed by atoms with E-state index in [0.717, 1.165) is 29.6 Å². The lowest BCUT2D eigenvalue weighted by molar-refractivity contribution is 0.149. The smallest absolute Gasteiger partial charge is 0.223 e. The second-order valence-corrected chi connectivity index (χ2v) is 10.3. The molecule has 2 aliphatic heterocycles. The lowest BCUT2D eigenvalue weighted by Gasteiger charge is -2.22. The molecule has 208 valence electrons. The Morgan fingerprint density at radius 2 is 1.85 bits per heavy atom. The van der Waals surface area contributed by atoms with Gasteiger partial charge in [-0.25, -0.2) is 9.97 Å². The van der Waals surface area contributed by atoms with Gasteiger partial charge in [-0.05, 0) is 30.9 Å². The first kappa shape index (κ1) is 27.8. The minimum atomic E-state index is -0.838. The number of rotatable bonds is 10. The van der Waals surface area contributed by atoms with E-state index in [0.29, 0.717) is 70.9 Å². The Kier molecular flexibility index (Phi) is 8.70. The van der Waals surface area contributed by atoms with E-state index in [9.17, 15) is 5.11 Å². The van der Waals surface area contributed by atoms with Crippen LogP contribution >= 0.6 is 23.2 Å². The van der Waals surface area contributed by atoms with E-state index in [1.54, 1.807) is 12.3 Å². The molecular formula is C27H31Cl2N5O5. The van der Waals surface area contributed by atoms with Crippen molar-refractivity contribution in [3.63, 3.8) is 0 Å². The molecule has 5 rings (SSSR count). The van der Waals surface area contributed by atoms with Gasteiger partial charge in [0.25, 0.3) is 0 Å². The summed E-state index contributed by atoms with van der Waals surface area (Å²) >= 11 is 13.4. The molecule has 2 unspecified atom stereocenters. The van der Waals surface area contributed by atoms with Gasteiger partial charge in [0, 0.05) is 36.4 Å². The molecule has 2 aliphatic rings. The largest absolute Gasteiger partial charge is 0.495 e. The van der Waals surface area contributed by atoms with Crippen LogP contribution in [0.2, 0.25) is 10.0 Å². The van der Waals surface area contributed by atoms with E-state index in [-0.39, 0.29) is 12.1 Å². The van der Waals surface area contributed by atoms with Gasteiger partial charge in [0.05, 0.1) is 66.5 Å². The molecule has 0 saturated carbocycles.